The van der Waals surface area contributed by atoms with Gasteiger partial charge in [-0.1, -0.05) is 0 Å². The molecule has 0 saturated carbocycles. The van der Waals surface area contributed by atoms with Gasteiger partial charge in [0, 0.05) is 52.5 Å². The summed E-state index contributed by atoms with van der Waals surface area (Å²) in [6.07, 6.45) is 2.75. The molecule has 0 unspecified atom stereocenters. The van der Waals surface area contributed by atoms with Crippen LogP contribution in [0.5, 0.6) is 0 Å². The van der Waals surface area contributed by atoms with Gasteiger partial charge in [0.25, 0.3) is 5.91 Å². The Labute approximate surface area is 162 Å². The zero-order valence-corrected chi connectivity index (χ0v) is 16.7. The van der Waals surface area contributed by atoms with Crippen LogP contribution in [0.1, 0.15) is 27.9 Å². The van der Waals surface area contributed by atoms with Crippen LogP contribution in [0.3, 0.4) is 0 Å². The average molecular weight is 410 g/mol. The number of hydrogen-bond acceptors (Lipinski definition) is 7. The molecule has 11 nitrogen and oxygen atoms in total. The molecule has 3 rings (SSSR count). The average Bonchev–Trinajstić information content (AvgIpc) is 3.28. The van der Waals surface area contributed by atoms with Crippen LogP contribution in [0.4, 0.5) is 0 Å². The lowest BCUT2D eigenvalue weighted by Crippen LogP contribution is -2.50. The first kappa shape index (κ1) is 20.0. The first-order chi connectivity index (χ1) is 13.2. The quantitative estimate of drug-likeness (QED) is 0.608. The molecule has 28 heavy (non-hydrogen) atoms. The van der Waals surface area contributed by atoms with Crippen LogP contribution >= 0.6 is 0 Å². The highest BCUT2D eigenvalue weighted by molar-refractivity contribution is 7.89. The van der Waals surface area contributed by atoms with E-state index in [0.717, 1.165) is 0 Å². The second-order valence-electron chi connectivity index (χ2n) is 6.30. The third-order valence-electron chi connectivity index (χ3n) is 4.43. The smallest absolute Gasteiger partial charge is 0.356 e. The summed E-state index contributed by atoms with van der Waals surface area (Å²) in [6.45, 7) is 2.70. The number of amides is 1. The van der Waals surface area contributed by atoms with E-state index in [1.54, 1.807) is 21.0 Å². The number of carbonyl (C=O) groups excluding carboxylic acids is 2. The lowest BCUT2D eigenvalue weighted by Gasteiger charge is -2.33. The summed E-state index contributed by atoms with van der Waals surface area (Å²) in [7, 11) is -0.441. The summed E-state index contributed by atoms with van der Waals surface area (Å²) in [4.78, 5) is 26.2. The topological polar surface area (TPSA) is 120 Å². The van der Waals surface area contributed by atoms with Gasteiger partial charge in [-0.2, -0.15) is 14.5 Å². The Morgan fingerprint density at radius 1 is 1.18 bits per heavy atom. The zero-order chi connectivity index (χ0) is 20.5. The molecule has 0 N–H and O–H groups in total. The molecule has 0 aliphatic carbocycles. The van der Waals surface area contributed by atoms with Gasteiger partial charge in [-0.3, -0.25) is 14.2 Å². The Morgan fingerprint density at radius 3 is 2.43 bits per heavy atom. The molecule has 1 fully saturated rings. The van der Waals surface area contributed by atoms with E-state index in [-0.39, 0.29) is 55.0 Å². The van der Waals surface area contributed by atoms with Gasteiger partial charge in [-0.15, -0.1) is 0 Å². The molecule has 3 heterocycles. The van der Waals surface area contributed by atoms with Crippen molar-refractivity contribution in [3.8, 4) is 0 Å². The van der Waals surface area contributed by atoms with Gasteiger partial charge in [0.05, 0.1) is 12.8 Å². The maximum absolute atomic E-state index is 12.7. The zero-order valence-electron chi connectivity index (χ0n) is 15.9. The minimum Gasteiger partial charge on any atom is -0.461 e. The monoisotopic (exact) mass is 410 g/mol. The Hall–Kier alpha value is -2.73. The van der Waals surface area contributed by atoms with E-state index in [0.29, 0.717) is 0 Å². The standard InChI is InChI=1S/C16H22N6O5S/c1-4-27-16(24)14-9-13(18-20(14)3)15(23)21-5-7-22(8-6-21)28(25,26)12-10-17-19(2)11-12/h9-11H,4-8H2,1-3H3. The number of sulfonamides is 1. The predicted molar refractivity (Wildman–Crippen MR) is 97.0 cm³/mol. The number of ether oxygens (including phenoxy) is 1. The van der Waals surface area contributed by atoms with E-state index in [1.165, 1.54) is 37.0 Å². The molecule has 0 radical (unpaired) electrons. The highest BCUT2D eigenvalue weighted by Gasteiger charge is 2.32. The largest absolute Gasteiger partial charge is 0.461 e. The number of piperazine rings is 1. The summed E-state index contributed by atoms with van der Waals surface area (Å²) in [5.74, 6) is -0.909. The molecule has 1 aliphatic rings. The molecule has 0 spiro atoms. The Balaban J connectivity index is 1.67. The summed E-state index contributed by atoms with van der Waals surface area (Å²) in [5, 5.41) is 7.99. The third kappa shape index (κ3) is 3.78. The third-order valence-corrected chi connectivity index (χ3v) is 6.28. The van der Waals surface area contributed by atoms with Crippen molar-refractivity contribution in [3.05, 3.63) is 29.8 Å². The number of aromatic nitrogens is 4. The van der Waals surface area contributed by atoms with Gasteiger partial charge in [-0.25, -0.2) is 13.2 Å². The van der Waals surface area contributed by atoms with Crippen molar-refractivity contribution < 1.29 is 22.7 Å². The number of aryl methyl sites for hydroxylation is 2. The van der Waals surface area contributed by atoms with Crippen LogP contribution in [0.2, 0.25) is 0 Å². The molecule has 0 atom stereocenters. The molecule has 2 aromatic heterocycles. The van der Waals surface area contributed by atoms with Crippen molar-refractivity contribution >= 4 is 21.9 Å². The van der Waals surface area contributed by atoms with Crippen molar-refractivity contribution in [2.75, 3.05) is 32.8 Å². The number of esters is 1. The highest BCUT2D eigenvalue weighted by Crippen LogP contribution is 2.18. The van der Waals surface area contributed by atoms with Gasteiger partial charge in [0.2, 0.25) is 10.0 Å². The Kier molecular flexibility index (Phi) is 5.52. The molecule has 1 amide bonds. The first-order valence-corrected chi connectivity index (χ1v) is 10.2. The summed E-state index contributed by atoms with van der Waals surface area (Å²) in [6, 6.07) is 1.39. The van der Waals surface area contributed by atoms with Gasteiger partial charge < -0.3 is 9.64 Å². The van der Waals surface area contributed by atoms with Gasteiger partial charge in [0.15, 0.2) is 5.69 Å². The maximum Gasteiger partial charge on any atom is 0.356 e. The molecular formula is C16H22N6O5S. The molecule has 152 valence electrons. The van der Waals surface area contributed by atoms with E-state index in [4.69, 9.17) is 4.74 Å². The summed E-state index contributed by atoms with van der Waals surface area (Å²) < 4.78 is 34.3. The van der Waals surface area contributed by atoms with Crippen LogP contribution in [0.15, 0.2) is 23.4 Å². The van der Waals surface area contributed by atoms with Crippen LogP contribution < -0.4 is 0 Å². The van der Waals surface area contributed by atoms with Gasteiger partial charge in [-0.05, 0) is 6.92 Å². The number of hydrogen-bond donors (Lipinski definition) is 0. The van der Waals surface area contributed by atoms with Crippen LogP contribution in [-0.2, 0) is 28.9 Å². The van der Waals surface area contributed by atoms with Crippen molar-refractivity contribution in [1.82, 2.24) is 28.8 Å². The highest BCUT2D eigenvalue weighted by atomic mass is 32.2. The maximum atomic E-state index is 12.7. The second kappa shape index (κ2) is 7.72. The minimum atomic E-state index is -3.64. The summed E-state index contributed by atoms with van der Waals surface area (Å²) in [5.41, 5.74) is 0.303. The molecule has 0 aromatic carbocycles. The SMILES string of the molecule is CCOC(=O)c1cc(C(=O)N2CCN(S(=O)(=O)c3cnn(C)c3)CC2)nn1C. The van der Waals surface area contributed by atoms with E-state index in [1.807, 2.05) is 0 Å². The van der Waals surface area contributed by atoms with E-state index >= 15 is 0 Å². The number of carbonyl (C=O) groups is 2. The molecule has 12 heteroatoms. The lowest BCUT2D eigenvalue weighted by molar-refractivity contribution is 0.0513. The van der Waals surface area contributed by atoms with Gasteiger partial charge in [0.1, 0.15) is 10.6 Å². The van der Waals surface area contributed by atoms with E-state index in [9.17, 15) is 18.0 Å². The number of rotatable bonds is 5. The normalized spacial score (nSPS) is 15.6. The number of nitrogens with zero attached hydrogens (tertiary/aromatic N) is 6. The van der Waals surface area contributed by atoms with E-state index in [2.05, 4.69) is 10.2 Å². The van der Waals surface area contributed by atoms with Crippen LogP contribution in [0.25, 0.3) is 0 Å². The minimum absolute atomic E-state index is 0.120. The second-order valence-corrected chi connectivity index (χ2v) is 8.24. The fourth-order valence-electron chi connectivity index (χ4n) is 2.94. The van der Waals surface area contributed by atoms with Crippen molar-refractivity contribution in [2.24, 2.45) is 14.1 Å². The molecule has 0 bridgehead atoms. The molecule has 1 aliphatic heterocycles. The van der Waals surface area contributed by atoms with Crippen LogP contribution in [-0.4, -0.2) is 81.8 Å². The molecule has 1 saturated heterocycles. The lowest BCUT2D eigenvalue weighted by atomic mass is 10.3. The Bertz CT molecular complexity index is 987. The fourth-order valence-corrected chi connectivity index (χ4v) is 4.35. The molecule has 2 aromatic rings. The van der Waals surface area contributed by atoms with Crippen molar-refractivity contribution in [1.29, 1.82) is 0 Å². The summed E-state index contributed by atoms with van der Waals surface area (Å²) >= 11 is 0. The Morgan fingerprint density at radius 2 is 1.86 bits per heavy atom. The predicted octanol–water partition coefficient (Wildman–Crippen LogP) is -0.523. The van der Waals surface area contributed by atoms with Crippen molar-refractivity contribution in [3.63, 3.8) is 0 Å². The van der Waals surface area contributed by atoms with Crippen LogP contribution in [0, 0.1) is 0 Å². The van der Waals surface area contributed by atoms with E-state index < -0.39 is 16.0 Å². The van der Waals surface area contributed by atoms with Gasteiger partial charge >= 0.3 is 5.97 Å². The fraction of sp³-hybridized carbons (Fsp3) is 0.500. The van der Waals surface area contributed by atoms with Crippen molar-refractivity contribution in [2.45, 2.75) is 11.8 Å². The first-order valence-electron chi connectivity index (χ1n) is 8.73. The molecular weight excluding hydrogens is 388 g/mol.